The summed E-state index contributed by atoms with van der Waals surface area (Å²) in [4.78, 5) is 18.1. The van der Waals surface area contributed by atoms with Crippen LogP contribution in [0, 0.1) is 12.7 Å². The summed E-state index contributed by atoms with van der Waals surface area (Å²) in [6.07, 6.45) is 2.00. The fourth-order valence-corrected chi connectivity index (χ4v) is 3.97. The third kappa shape index (κ3) is 4.66. The first-order valence-electron chi connectivity index (χ1n) is 10.0. The topological polar surface area (TPSA) is 57.4 Å². The van der Waals surface area contributed by atoms with Gasteiger partial charge < -0.3 is 15.0 Å². The number of amides is 1. The first-order chi connectivity index (χ1) is 14.1. The minimum Gasteiger partial charge on any atom is -0.379 e. The smallest absolute Gasteiger partial charge is 0.224 e. The van der Waals surface area contributed by atoms with Gasteiger partial charge in [-0.3, -0.25) is 9.69 Å². The van der Waals surface area contributed by atoms with Crippen LogP contribution in [0.15, 0.2) is 48.7 Å². The molecule has 5 nitrogen and oxygen atoms in total. The van der Waals surface area contributed by atoms with Gasteiger partial charge in [0.05, 0.1) is 25.7 Å². The molecule has 1 saturated heterocycles. The molecule has 29 heavy (non-hydrogen) atoms. The number of ether oxygens (including phenoxy) is 1. The maximum absolute atomic E-state index is 13.6. The summed E-state index contributed by atoms with van der Waals surface area (Å²) < 4.78 is 19.1. The monoisotopic (exact) mass is 395 g/mol. The Labute approximate surface area is 169 Å². The molecule has 1 aliphatic heterocycles. The zero-order valence-electron chi connectivity index (χ0n) is 16.6. The van der Waals surface area contributed by atoms with Crippen molar-refractivity contribution in [3.63, 3.8) is 0 Å². The molecule has 2 N–H and O–H groups in total. The van der Waals surface area contributed by atoms with E-state index in [4.69, 9.17) is 4.74 Å². The molecule has 0 bridgehead atoms. The van der Waals surface area contributed by atoms with Gasteiger partial charge in [0.2, 0.25) is 5.91 Å². The summed E-state index contributed by atoms with van der Waals surface area (Å²) in [6, 6.07) is 13.1. The van der Waals surface area contributed by atoms with Crippen LogP contribution in [0.4, 0.5) is 4.39 Å². The predicted molar refractivity (Wildman–Crippen MR) is 111 cm³/mol. The van der Waals surface area contributed by atoms with E-state index in [1.54, 1.807) is 12.3 Å². The molecule has 1 fully saturated rings. The van der Waals surface area contributed by atoms with Crippen molar-refractivity contribution in [1.29, 1.82) is 0 Å². The summed E-state index contributed by atoms with van der Waals surface area (Å²) in [5.41, 5.74) is 4.03. The second-order valence-electron chi connectivity index (χ2n) is 7.56. The molecule has 2 heterocycles. The Kier molecular flexibility index (Phi) is 5.92. The van der Waals surface area contributed by atoms with Crippen LogP contribution in [0.5, 0.6) is 0 Å². The van der Waals surface area contributed by atoms with Crippen LogP contribution in [0.25, 0.3) is 10.9 Å². The molecular weight excluding hydrogens is 369 g/mol. The molecule has 0 saturated carbocycles. The average molecular weight is 395 g/mol. The van der Waals surface area contributed by atoms with Crippen molar-refractivity contribution in [2.24, 2.45) is 0 Å². The number of rotatable bonds is 6. The summed E-state index contributed by atoms with van der Waals surface area (Å²) in [7, 11) is 0. The van der Waals surface area contributed by atoms with Crippen molar-refractivity contribution >= 4 is 16.8 Å². The minimum absolute atomic E-state index is 0.0685. The van der Waals surface area contributed by atoms with Crippen molar-refractivity contribution < 1.29 is 13.9 Å². The van der Waals surface area contributed by atoms with Crippen molar-refractivity contribution in [3.05, 3.63) is 71.2 Å². The number of fused-ring (bicyclic) bond motifs is 1. The number of nitrogens with one attached hydrogen (secondary N) is 2. The fraction of sp³-hybridized carbons (Fsp3) is 0.348. The van der Waals surface area contributed by atoms with Gasteiger partial charge in [0.15, 0.2) is 0 Å². The van der Waals surface area contributed by atoms with Gasteiger partial charge in [0.25, 0.3) is 0 Å². The third-order valence-electron chi connectivity index (χ3n) is 5.49. The highest BCUT2D eigenvalue weighted by Crippen LogP contribution is 2.23. The fourth-order valence-electron chi connectivity index (χ4n) is 3.97. The SMILES string of the molecule is Cc1cccc(C(CNC(=O)Cc2c[nH]c3ccc(F)cc23)N2CCOCC2)c1. The van der Waals surface area contributed by atoms with Crippen molar-refractivity contribution in [2.75, 3.05) is 32.8 Å². The van der Waals surface area contributed by atoms with Gasteiger partial charge in [-0.25, -0.2) is 4.39 Å². The van der Waals surface area contributed by atoms with Crippen LogP contribution in [0.1, 0.15) is 22.7 Å². The number of aryl methyl sites for hydroxylation is 1. The maximum Gasteiger partial charge on any atom is 0.224 e. The van der Waals surface area contributed by atoms with Crippen molar-refractivity contribution in [1.82, 2.24) is 15.2 Å². The Bertz CT molecular complexity index is 995. The van der Waals surface area contributed by atoms with E-state index >= 15 is 0 Å². The number of hydrogen-bond acceptors (Lipinski definition) is 3. The van der Waals surface area contributed by atoms with E-state index in [1.807, 2.05) is 0 Å². The molecule has 1 atom stereocenters. The number of benzene rings is 2. The summed E-state index contributed by atoms with van der Waals surface area (Å²) in [5.74, 6) is -0.369. The van der Waals surface area contributed by atoms with Crippen LogP contribution in [-0.2, 0) is 16.0 Å². The molecule has 1 aromatic heterocycles. The minimum atomic E-state index is -0.300. The standard InChI is InChI=1S/C23H26FN3O2/c1-16-3-2-4-17(11-16)22(27-7-9-29-10-8-27)15-26-23(28)12-18-14-25-21-6-5-19(24)13-20(18)21/h2-6,11,13-14,22,25H,7-10,12,15H2,1H3,(H,26,28). The van der Waals surface area contributed by atoms with Crippen LogP contribution in [0.3, 0.4) is 0 Å². The van der Waals surface area contributed by atoms with Crippen molar-refractivity contribution in [2.45, 2.75) is 19.4 Å². The predicted octanol–water partition coefficient (Wildman–Crippen LogP) is 3.35. The van der Waals surface area contributed by atoms with E-state index in [-0.39, 0.29) is 24.2 Å². The lowest BCUT2D eigenvalue weighted by Crippen LogP contribution is -2.44. The average Bonchev–Trinajstić information content (AvgIpc) is 3.11. The first-order valence-corrected chi connectivity index (χ1v) is 10.0. The van der Waals surface area contributed by atoms with Gasteiger partial charge in [-0.1, -0.05) is 29.8 Å². The summed E-state index contributed by atoms with van der Waals surface area (Å²) in [5, 5.41) is 3.84. The van der Waals surface area contributed by atoms with Gasteiger partial charge in [-0.05, 0) is 36.2 Å². The quantitative estimate of drug-likeness (QED) is 0.673. The Hall–Kier alpha value is -2.70. The maximum atomic E-state index is 13.6. The third-order valence-corrected chi connectivity index (χ3v) is 5.49. The molecule has 0 radical (unpaired) electrons. The lowest BCUT2D eigenvalue weighted by molar-refractivity contribution is -0.120. The van der Waals surface area contributed by atoms with Crippen LogP contribution in [0.2, 0.25) is 0 Å². The molecule has 0 aliphatic carbocycles. The highest BCUT2D eigenvalue weighted by atomic mass is 19.1. The number of morpholine rings is 1. The molecule has 2 aromatic carbocycles. The zero-order valence-corrected chi connectivity index (χ0v) is 16.6. The summed E-state index contributed by atoms with van der Waals surface area (Å²) in [6.45, 7) is 5.70. The largest absolute Gasteiger partial charge is 0.379 e. The first kappa shape index (κ1) is 19.6. The molecule has 3 aromatic rings. The zero-order chi connectivity index (χ0) is 20.2. The number of carbonyl (C=O) groups excluding carboxylic acids is 1. The molecule has 1 amide bonds. The van der Waals surface area contributed by atoms with Gasteiger partial charge in [-0.2, -0.15) is 0 Å². The van der Waals surface area contributed by atoms with E-state index < -0.39 is 0 Å². The Morgan fingerprint density at radius 2 is 2.07 bits per heavy atom. The van der Waals surface area contributed by atoms with Gasteiger partial charge >= 0.3 is 0 Å². The van der Waals surface area contributed by atoms with Gasteiger partial charge in [0, 0.05) is 36.7 Å². The second kappa shape index (κ2) is 8.76. The highest BCUT2D eigenvalue weighted by Gasteiger charge is 2.23. The molecule has 1 unspecified atom stereocenters. The van der Waals surface area contributed by atoms with Crippen LogP contribution in [-0.4, -0.2) is 48.6 Å². The lowest BCUT2D eigenvalue weighted by Gasteiger charge is -2.35. The second-order valence-corrected chi connectivity index (χ2v) is 7.56. The number of nitrogens with zero attached hydrogens (tertiary/aromatic N) is 1. The van der Waals surface area contributed by atoms with E-state index in [2.05, 4.69) is 46.4 Å². The molecule has 152 valence electrons. The van der Waals surface area contributed by atoms with Gasteiger partial charge in [0.1, 0.15) is 5.82 Å². The normalized spacial score (nSPS) is 16.1. The van der Waals surface area contributed by atoms with E-state index in [1.165, 1.54) is 23.3 Å². The number of carbonyl (C=O) groups is 1. The molecule has 0 spiro atoms. The molecular formula is C23H26FN3O2. The summed E-state index contributed by atoms with van der Waals surface area (Å²) >= 11 is 0. The number of halogens is 1. The molecule has 6 heteroatoms. The lowest BCUT2D eigenvalue weighted by atomic mass is 10.0. The number of H-pyrrole nitrogens is 1. The molecule has 4 rings (SSSR count). The Morgan fingerprint density at radius 1 is 1.24 bits per heavy atom. The van der Waals surface area contributed by atoms with Crippen molar-refractivity contribution in [3.8, 4) is 0 Å². The van der Waals surface area contributed by atoms with Gasteiger partial charge in [-0.15, -0.1) is 0 Å². The highest BCUT2D eigenvalue weighted by molar-refractivity contribution is 5.88. The van der Waals surface area contributed by atoms with E-state index in [0.29, 0.717) is 19.8 Å². The van der Waals surface area contributed by atoms with E-state index in [9.17, 15) is 9.18 Å². The number of aromatic nitrogens is 1. The number of aromatic amines is 1. The van der Waals surface area contributed by atoms with Crippen LogP contribution < -0.4 is 5.32 Å². The Morgan fingerprint density at radius 3 is 2.86 bits per heavy atom. The number of hydrogen-bond donors (Lipinski definition) is 2. The Balaban J connectivity index is 1.46. The van der Waals surface area contributed by atoms with Crippen LogP contribution >= 0.6 is 0 Å². The molecule has 1 aliphatic rings. The van der Waals surface area contributed by atoms with E-state index in [0.717, 1.165) is 29.6 Å².